The molecule has 0 spiro atoms. The Balaban J connectivity index is 1.71. The van der Waals surface area contributed by atoms with E-state index in [4.69, 9.17) is 4.74 Å². The molecule has 1 fully saturated rings. The molecule has 1 N–H and O–H groups in total. The number of fused-ring (bicyclic) bond motifs is 2. The van der Waals surface area contributed by atoms with Crippen molar-refractivity contribution in [1.82, 2.24) is 9.88 Å². The number of para-hydroxylation sites is 1. The maximum absolute atomic E-state index is 13.2. The fourth-order valence-corrected chi connectivity index (χ4v) is 3.71. The van der Waals surface area contributed by atoms with E-state index in [1.165, 1.54) is 4.90 Å². The van der Waals surface area contributed by atoms with Crippen LogP contribution in [0.1, 0.15) is 23.7 Å². The van der Waals surface area contributed by atoms with E-state index < -0.39 is 6.09 Å². The van der Waals surface area contributed by atoms with E-state index in [2.05, 4.69) is 29.2 Å². The summed E-state index contributed by atoms with van der Waals surface area (Å²) >= 11 is 0. The van der Waals surface area contributed by atoms with E-state index >= 15 is 0 Å². The number of pyridine rings is 1. The van der Waals surface area contributed by atoms with Gasteiger partial charge in [-0.2, -0.15) is 0 Å². The van der Waals surface area contributed by atoms with E-state index in [1.807, 2.05) is 0 Å². The number of nitrogens with zero attached hydrogens (tertiary/aromatic N) is 3. The quantitative estimate of drug-likeness (QED) is 0.838. The number of carbonyl (C=O) groups is 2. The largest absolute Gasteiger partial charge is 0.445 e. The van der Waals surface area contributed by atoms with Gasteiger partial charge in [0.1, 0.15) is 6.10 Å². The average Bonchev–Trinajstić information content (AvgIpc) is 2.78. The highest BCUT2D eigenvalue weighted by atomic mass is 16.6. The van der Waals surface area contributed by atoms with Gasteiger partial charge in [0.15, 0.2) is 5.82 Å². The number of ether oxygens (including phenoxy) is 1. The first-order valence-corrected chi connectivity index (χ1v) is 9.09. The van der Waals surface area contributed by atoms with Gasteiger partial charge in [-0.05, 0) is 37.7 Å². The van der Waals surface area contributed by atoms with E-state index in [-0.39, 0.29) is 17.9 Å². The Labute approximate surface area is 157 Å². The normalized spacial score (nSPS) is 22.3. The van der Waals surface area contributed by atoms with Crippen molar-refractivity contribution in [2.24, 2.45) is 5.92 Å². The van der Waals surface area contributed by atoms with Gasteiger partial charge in [-0.1, -0.05) is 19.1 Å². The van der Waals surface area contributed by atoms with Crippen LogP contribution < -0.4 is 10.2 Å². The third-order valence-corrected chi connectivity index (χ3v) is 5.10. The number of hydrogen-bond donors (Lipinski definition) is 1. The maximum atomic E-state index is 13.2. The van der Waals surface area contributed by atoms with Crippen LogP contribution in [0.2, 0.25) is 0 Å². The summed E-state index contributed by atoms with van der Waals surface area (Å²) in [5, 5.41) is 2.82. The van der Waals surface area contributed by atoms with Gasteiger partial charge in [0, 0.05) is 25.2 Å². The average molecular weight is 366 g/mol. The molecule has 3 heterocycles. The molecule has 2 aliphatic heterocycles. The third kappa shape index (κ3) is 3.26. The van der Waals surface area contributed by atoms with E-state index in [1.54, 1.807) is 42.6 Å². The van der Waals surface area contributed by atoms with Gasteiger partial charge in [-0.15, -0.1) is 0 Å². The highest BCUT2D eigenvalue weighted by molar-refractivity contribution is 6.16. The van der Waals surface area contributed by atoms with Gasteiger partial charge in [0.05, 0.1) is 16.9 Å². The summed E-state index contributed by atoms with van der Waals surface area (Å²) in [5.41, 5.74) is 1.36. The zero-order valence-electron chi connectivity index (χ0n) is 15.4. The molecule has 0 bridgehead atoms. The SMILES string of the molecule is C[C@H]1CN(C)CC[C@H]1OC(=O)N1c2ccccc2C(=O)Nc2cccnc21. The van der Waals surface area contributed by atoms with Crippen molar-refractivity contribution in [3.05, 3.63) is 48.2 Å². The van der Waals surface area contributed by atoms with Crippen molar-refractivity contribution in [1.29, 1.82) is 0 Å². The summed E-state index contributed by atoms with van der Waals surface area (Å²) in [4.78, 5) is 33.8. The zero-order chi connectivity index (χ0) is 19.0. The molecule has 1 aromatic carbocycles. The number of hydrogen-bond acceptors (Lipinski definition) is 5. The highest BCUT2D eigenvalue weighted by Crippen LogP contribution is 2.37. The predicted octanol–water partition coefficient (Wildman–Crippen LogP) is 3.26. The van der Waals surface area contributed by atoms with Crippen LogP contribution in [0.15, 0.2) is 42.6 Å². The van der Waals surface area contributed by atoms with Crippen LogP contribution in [0.4, 0.5) is 22.0 Å². The smallest absolute Gasteiger partial charge is 0.420 e. The van der Waals surface area contributed by atoms with Crippen LogP contribution in [0.3, 0.4) is 0 Å². The second kappa shape index (κ2) is 7.00. The molecule has 1 aromatic heterocycles. The van der Waals surface area contributed by atoms with Crippen LogP contribution in [0.5, 0.6) is 0 Å². The molecule has 7 heteroatoms. The highest BCUT2D eigenvalue weighted by Gasteiger charge is 2.34. The van der Waals surface area contributed by atoms with E-state index in [9.17, 15) is 9.59 Å². The molecule has 2 amide bonds. The van der Waals surface area contributed by atoms with Crippen molar-refractivity contribution in [2.75, 3.05) is 30.4 Å². The van der Waals surface area contributed by atoms with Gasteiger partial charge in [0.2, 0.25) is 0 Å². The lowest BCUT2D eigenvalue weighted by atomic mass is 9.97. The Kier molecular flexibility index (Phi) is 4.53. The number of likely N-dealkylation sites (tertiary alicyclic amines) is 1. The van der Waals surface area contributed by atoms with Crippen molar-refractivity contribution < 1.29 is 14.3 Å². The Morgan fingerprint density at radius 3 is 2.89 bits per heavy atom. The Hall–Kier alpha value is -2.93. The molecular weight excluding hydrogens is 344 g/mol. The minimum absolute atomic E-state index is 0.167. The van der Waals surface area contributed by atoms with Crippen molar-refractivity contribution >= 4 is 29.2 Å². The number of piperidine rings is 1. The summed E-state index contributed by atoms with van der Waals surface area (Å²) in [6.07, 6.45) is 1.70. The maximum Gasteiger partial charge on any atom is 0.420 e. The number of aromatic nitrogens is 1. The summed E-state index contributed by atoms with van der Waals surface area (Å²) in [6.45, 7) is 3.85. The second-order valence-electron chi connectivity index (χ2n) is 7.13. The summed E-state index contributed by atoms with van der Waals surface area (Å²) in [7, 11) is 2.07. The lowest BCUT2D eigenvalue weighted by molar-refractivity contribution is 0.0261. The first kappa shape index (κ1) is 17.5. The number of carbonyl (C=O) groups excluding carboxylic acids is 2. The Morgan fingerprint density at radius 2 is 2.07 bits per heavy atom. The topological polar surface area (TPSA) is 74.8 Å². The molecule has 2 aromatic rings. The van der Waals surface area contributed by atoms with Crippen LogP contribution in [-0.2, 0) is 4.74 Å². The van der Waals surface area contributed by atoms with Crippen LogP contribution in [0.25, 0.3) is 0 Å². The molecule has 2 atom stereocenters. The molecule has 0 aliphatic carbocycles. The molecule has 4 rings (SSSR count). The number of rotatable bonds is 1. The molecule has 0 saturated carbocycles. The molecule has 27 heavy (non-hydrogen) atoms. The first-order chi connectivity index (χ1) is 13.0. The predicted molar refractivity (Wildman–Crippen MR) is 102 cm³/mol. The number of amides is 2. The first-order valence-electron chi connectivity index (χ1n) is 9.09. The third-order valence-electron chi connectivity index (χ3n) is 5.10. The van der Waals surface area contributed by atoms with Gasteiger partial charge in [-0.3, -0.25) is 4.79 Å². The van der Waals surface area contributed by atoms with Gasteiger partial charge in [-0.25, -0.2) is 14.7 Å². The minimum atomic E-state index is -0.514. The molecular formula is C20H22N4O3. The molecule has 7 nitrogen and oxygen atoms in total. The minimum Gasteiger partial charge on any atom is -0.445 e. The number of anilines is 3. The Morgan fingerprint density at radius 1 is 1.26 bits per heavy atom. The molecule has 140 valence electrons. The fourth-order valence-electron chi connectivity index (χ4n) is 3.71. The summed E-state index contributed by atoms with van der Waals surface area (Å²) in [5.74, 6) is 0.321. The standard InChI is InChI=1S/C20H22N4O3/c1-13-12-23(2)11-9-17(13)27-20(26)24-16-8-4-3-6-14(16)19(25)22-15-7-5-10-21-18(15)24/h3-8,10,13,17H,9,11-12H2,1-2H3,(H,22,25)/t13-,17+/m0/s1. The second-order valence-corrected chi connectivity index (χ2v) is 7.13. The van der Waals surface area contributed by atoms with E-state index in [0.717, 1.165) is 19.5 Å². The number of benzene rings is 1. The molecule has 0 unspecified atom stereocenters. The van der Waals surface area contributed by atoms with Crippen LogP contribution in [0, 0.1) is 5.92 Å². The molecule has 0 radical (unpaired) electrons. The fraction of sp³-hybridized carbons (Fsp3) is 0.350. The van der Waals surface area contributed by atoms with Crippen molar-refractivity contribution in [3.8, 4) is 0 Å². The number of nitrogens with one attached hydrogen (secondary N) is 1. The van der Waals surface area contributed by atoms with Crippen molar-refractivity contribution in [3.63, 3.8) is 0 Å². The molecule has 1 saturated heterocycles. The summed E-state index contributed by atoms with van der Waals surface area (Å²) in [6, 6.07) is 10.4. The van der Waals surface area contributed by atoms with Gasteiger partial charge < -0.3 is 15.0 Å². The Bertz CT molecular complexity index is 885. The van der Waals surface area contributed by atoms with Crippen LogP contribution in [-0.4, -0.2) is 48.1 Å². The summed E-state index contributed by atoms with van der Waals surface area (Å²) < 4.78 is 5.88. The van der Waals surface area contributed by atoms with Crippen LogP contribution >= 0.6 is 0 Å². The van der Waals surface area contributed by atoms with Gasteiger partial charge >= 0.3 is 6.09 Å². The molecule has 2 aliphatic rings. The monoisotopic (exact) mass is 366 g/mol. The lowest BCUT2D eigenvalue weighted by Crippen LogP contribution is -2.43. The lowest BCUT2D eigenvalue weighted by Gasteiger charge is -2.35. The van der Waals surface area contributed by atoms with E-state index in [0.29, 0.717) is 22.8 Å². The van der Waals surface area contributed by atoms with Gasteiger partial charge in [0.25, 0.3) is 5.91 Å². The zero-order valence-corrected chi connectivity index (χ0v) is 15.4. The van der Waals surface area contributed by atoms with Crippen molar-refractivity contribution in [2.45, 2.75) is 19.4 Å².